The smallest absolute Gasteiger partial charge is 0.381 e. The number of likely N-dealkylation sites (N-methyl/N-ethyl adjacent to an activating group) is 1. The molecule has 0 aliphatic carbocycles. The van der Waals surface area contributed by atoms with Crippen molar-refractivity contribution in [3.63, 3.8) is 0 Å². The molecular formula is C16H30F3N5O. The molecule has 2 aliphatic rings. The molecule has 0 spiro atoms. The van der Waals surface area contributed by atoms with Gasteiger partial charge in [0.15, 0.2) is 5.96 Å². The van der Waals surface area contributed by atoms with Crippen LogP contribution >= 0.6 is 0 Å². The maximum Gasteiger partial charge on any atom is 0.401 e. The minimum absolute atomic E-state index is 0.00780. The zero-order chi connectivity index (χ0) is 18.5. The number of nitrogens with one attached hydrogen (secondary N) is 2. The average molecular weight is 365 g/mol. The predicted octanol–water partition coefficient (Wildman–Crippen LogP) is 0.899. The number of hydrogen-bond donors (Lipinski definition) is 2. The highest BCUT2D eigenvalue weighted by molar-refractivity contribution is 5.80. The Bertz CT molecular complexity index is 450. The Morgan fingerprint density at radius 3 is 2.56 bits per heavy atom. The number of ether oxygens (including phenoxy) is 1. The lowest BCUT2D eigenvalue weighted by Gasteiger charge is -2.43. The molecule has 0 saturated carbocycles. The highest BCUT2D eigenvalue weighted by Gasteiger charge is 2.36. The topological polar surface area (TPSA) is 52.1 Å². The van der Waals surface area contributed by atoms with Crippen molar-refractivity contribution in [2.24, 2.45) is 4.99 Å². The molecule has 1 unspecified atom stereocenters. The molecule has 2 rings (SSSR count). The molecule has 0 aromatic carbocycles. The summed E-state index contributed by atoms with van der Waals surface area (Å²) in [6, 6.07) is -0.0152. The second-order valence-electron chi connectivity index (χ2n) is 7.14. The second-order valence-corrected chi connectivity index (χ2v) is 7.14. The summed E-state index contributed by atoms with van der Waals surface area (Å²) in [5, 5.41) is 6.61. The van der Waals surface area contributed by atoms with Gasteiger partial charge in [-0.2, -0.15) is 13.2 Å². The molecule has 0 amide bonds. The van der Waals surface area contributed by atoms with E-state index >= 15 is 0 Å². The van der Waals surface area contributed by atoms with Gasteiger partial charge in [-0.3, -0.25) is 9.89 Å². The van der Waals surface area contributed by atoms with Crippen molar-refractivity contribution in [1.82, 2.24) is 20.4 Å². The quantitative estimate of drug-likeness (QED) is 0.560. The number of likely N-dealkylation sites (tertiary alicyclic amines) is 1. The van der Waals surface area contributed by atoms with Crippen molar-refractivity contribution < 1.29 is 17.9 Å². The summed E-state index contributed by atoms with van der Waals surface area (Å²) in [7, 11) is 5.81. The zero-order valence-electron chi connectivity index (χ0n) is 15.3. The van der Waals surface area contributed by atoms with E-state index in [0.29, 0.717) is 25.5 Å². The first-order valence-electron chi connectivity index (χ1n) is 8.75. The van der Waals surface area contributed by atoms with E-state index in [4.69, 9.17) is 4.74 Å². The monoisotopic (exact) mass is 365 g/mol. The molecule has 2 aliphatic heterocycles. The number of hydrogen-bond acceptors (Lipinski definition) is 4. The van der Waals surface area contributed by atoms with Crippen LogP contribution in [0.1, 0.15) is 19.3 Å². The fourth-order valence-corrected chi connectivity index (χ4v) is 3.52. The number of guanidine groups is 1. The lowest BCUT2D eigenvalue weighted by atomic mass is 9.88. The minimum Gasteiger partial charge on any atom is -0.381 e. The molecule has 2 heterocycles. The number of aliphatic imine (C=N–C) groups is 1. The Balaban J connectivity index is 1.83. The van der Waals surface area contributed by atoms with E-state index < -0.39 is 12.7 Å². The van der Waals surface area contributed by atoms with Gasteiger partial charge in [-0.25, -0.2) is 0 Å². The predicted molar refractivity (Wildman–Crippen MR) is 91.9 cm³/mol. The lowest BCUT2D eigenvalue weighted by Crippen LogP contribution is -2.57. The standard InChI is InChI=1S/C16H30F3N5O/c1-20-14(21-11-15(23(2)3)5-8-25-9-6-15)22-13-4-7-24(10-13)12-16(17,18)19/h13H,4-12H2,1-3H3,(H2,20,21,22). The number of nitrogens with zero attached hydrogens (tertiary/aromatic N) is 3. The molecular weight excluding hydrogens is 335 g/mol. The summed E-state index contributed by atoms with van der Waals surface area (Å²) in [5.41, 5.74) is 0.00780. The molecule has 9 heteroatoms. The third-order valence-corrected chi connectivity index (χ3v) is 5.20. The van der Waals surface area contributed by atoms with Crippen LogP contribution in [0, 0.1) is 0 Å². The van der Waals surface area contributed by atoms with Crippen molar-refractivity contribution in [1.29, 1.82) is 0 Å². The van der Waals surface area contributed by atoms with Gasteiger partial charge < -0.3 is 20.3 Å². The van der Waals surface area contributed by atoms with Crippen LogP contribution in [0.3, 0.4) is 0 Å². The number of rotatable bonds is 5. The van der Waals surface area contributed by atoms with Crippen LogP contribution < -0.4 is 10.6 Å². The normalized spacial score (nSPS) is 25.4. The Labute approximate surface area is 147 Å². The van der Waals surface area contributed by atoms with E-state index in [1.54, 1.807) is 7.05 Å². The van der Waals surface area contributed by atoms with E-state index in [-0.39, 0.29) is 11.6 Å². The summed E-state index contributed by atoms with van der Waals surface area (Å²) in [4.78, 5) is 7.88. The molecule has 2 saturated heterocycles. The lowest BCUT2D eigenvalue weighted by molar-refractivity contribution is -0.143. The first kappa shape index (κ1) is 20.3. The minimum atomic E-state index is -4.14. The van der Waals surface area contributed by atoms with Gasteiger partial charge in [0, 0.05) is 51.5 Å². The van der Waals surface area contributed by atoms with Gasteiger partial charge >= 0.3 is 6.18 Å². The summed E-state index contributed by atoms with van der Waals surface area (Å²) >= 11 is 0. The van der Waals surface area contributed by atoms with Crippen LogP contribution in [0.5, 0.6) is 0 Å². The van der Waals surface area contributed by atoms with Gasteiger partial charge in [0.2, 0.25) is 0 Å². The molecule has 2 fully saturated rings. The fourth-order valence-electron chi connectivity index (χ4n) is 3.52. The molecule has 0 radical (unpaired) electrons. The fraction of sp³-hybridized carbons (Fsp3) is 0.938. The number of halogens is 3. The summed E-state index contributed by atoms with van der Waals surface area (Å²) in [6.45, 7) is 2.19. The third kappa shape index (κ3) is 6.00. The Morgan fingerprint density at radius 1 is 1.32 bits per heavy atom. The SMILES string of the molecule is CN=C(NCC1(N(C)C)CCOCC1)NC1CCN(CC(F)(F)F)C1. The van der Waals surface area contributed by atoms with Crippen molar-refractivity contribution in [2.45, 2.75) is 37.0 Å². The van der Waals surface area contributed by atoms with Gasteiger partial charge in [0.1, 0.15) is 0 Å². The van der Waals surface area contributed by atoms with Crippen molar-refractivity contribution in [2.75, 3.05) is 60.5 Å². The molecule has 1 atom stereocenters. The molecule has 2 N–H and O–H groups in total. The van der Waals surface area contributed by atoms with Crippen molar-refractivity contribution in [3.05, 3.63) is 0 Å². The first-order valence-corrected chi connectivity index (χ1v) is 8.75. The van der Waals surface area contributed by atoms with Crippen LogP contribution in [-0.4, -0.2) is 94.1 Å². The summed E-state index contributed by atoms with van der Waals surface area (Å²) < 4.78 is 43.0. The molecule has 6 nitrogen and oxygen atoms in total. The Kier molecular flexibility index (Phi) is 6.93. The molecule has 146 valence electrons. The van der Waals surface area contributed by atoms with E-state index in [1.807, 2.05) is 0 Å². The maximum absolute atomic E-state index is 12.5. The Morgan fingerprint density at radius 2 is 2.00 bits per heavy atom. The molecule has 0 aromatic rings. The largest absolute Gasteiger partial charge is 0.401 e. The zero-order valence-corrected chi connectivity index (χ0v) is 15.3. The molecule has 0 aromatic heterocycles. The van der Waals surface area contributed by atoms with Crippen LogP contribution in [0.15, 0.2) is 4.99 Å². The summed E-state index contributed by atoms with van der Waals surface area (Å²) in [5.74, 6) is 0.645. The number of alkyl halides is 3. The van der Waals surface area contributed by atoms with E-state index in [2.05, 4.69) is 34.6 Å². The second kappa shape index (κ2) is 8.55. The van der Waals surface area contributed by atoms with Gasteiger partial charge in [0.05, 0.1) is 6.54 Å². The summed E-state index contributed by atoms with van der Waals surface area (Å²) in [6.07, 6.45) is -1.58. The van der Waals surface area contributed by atoms with Gasteiger partial charge in [-0.15, -0.1) is 0 Å². The average Bonchev–Trinajstić information content (AvgIpc) is 2.97. The molecule has 25 heavy (non-hydrogen) atoms. The van der Waals surface area contributed by atoms with Gasteiger partial charge in [-0.05, 0) is 33.4 Å². The highest BCUT2D eigenvalue weighted by atomic mass is 19.4. The highest BCUT2D eigenvalue weighted by Crippen LogP contribution is 2.25. The van der Waals surface area contributed by atoms with Crippen molar-refractivity contribution in [3.8, 4) is 0 Å². The van der Waals surface area contributed by atoms with Crippen LogP contribution in [0.25, 0.3) is 0 Å². The van der Waals surface area contributed by atoms with Crippen LogP contribution in [-0.2, 0) is 4.74 Å². The maximum atomic E-state index is 12.5. The van der Waals surface area contributed by atoms with Gasteiger partial charge in [-0.1, -0.05) is 0 Å². The third-order valence-electron chi connectivity index (χ3n) is 5.20. The van der Waals surface area contributed by atoms with Crippen LogP contribution in [0.4, 0.5) is 13.2 Å². The van der Waals surface area contributed by atoms with Crippen LogP contribution in [0.2, 0.25) is 0 Å². The Hall–Kier alpha value is -1.06. The van der Waals surface area contributed by atoms with Gasteiger partial charge in [0.25, 0.3) is 0 Å². The molecule has 0 bridgehead atoms. The van der Waals surface area contributed by atoms with E-state index in [1.165, 1.54) is 4.90 Å². The van der Waals surface area contributed by atoms with Crippen molar-refractivity contribution >= 4 is 5.96 Å². The first-order chi connectivity index (χ1) is 11.7. The van der Waals surface area contributed by atoms with E-state index in [0.717, 1.165) is 32.6 Å². The van der Waals surface area contributed by atoms with E-state index in [9.17, 15) is 13.2 Å².